The average molecular weight is 486 g/mol. The minimum absolute atomic E-state index is 0.00911. The molecule has 188 valence electrons. The van der Waals surface area contributed by atoms with Crippen LogP contribution in [0.3, 0.4) is 0 Å². The highest BCUT2D eigenvalue weighted by Crippen LogP contribution is 2.48. The summed E-state index contributed by atoms with van der Waals surface area (Å²) < 4.78 is 6.01. The smallest absolute Gasteiger partial charge is 0.315 e. The Kier molecular flexibility index (Phi) is 6.83. The molecule has 0 spiro atoms. The third-order valence-electron chi connectivity index (χ3n) is 7.92. The summed E-state index contributed by atoms with van der Waals surface area (Å²) in [6, 6.07) is 15.3. The number of esters is 1. The van der Waals surface area contributed by atoms with Crippen LogP contribution in [0.25, 0.3) is 0 Å². The lowest BCUT2D eigenvalue weighted by Gasteiger charge is -2.38. The Bertz CT molecular complexity index is 1220. The Balaban J connectivity index is 1.59. The lowest BCUT2D eigenvalue weighted by atomic mass is 9.67. The summed E-state index contributed by atoms with van der Waals surface area (Å²) in [5.74, 6) is -1.28. The second-order valence-corrected chi connectivity index (χ2v) is 10.9. The molecule has 2 aliphatic carbocycles. The van der Waals surface area contributed by atoms with E-state index >= 15 is 0 Å². The van der Waals surface area contributed by atoms with Gasteiger partial charge in [-0.05, 0) is 74.1 Å². The summed E-state index contributed by atoms with van der Waals surface area (Å²) >= 11 is 0. The van der Waals surface area contributed by atoms with Crippen molar-refractivity contribution in [3.05, 3.63) is 76.5 Å². The number of ether oxygens (including phenoxy) is 1. The van der Waals surface area contributed by atoms with Gasteiger partial charge >= 0.3 is 5.97 Å². The molecule has 0 saturated heterocycles. The topological polar surface area (TPSA) is 76.0 Å². The van der Waals surface area contributed by atoms with E-state index in [2.05, 4.69) is 31.2 Å². The van der Waals surface area contributed by atoms with Crippen molar-refractivity contribution in [1.82, 2.24) is 0 Å². The van der Waals surface area contributed by atoms with Crippen molar-refractivity contribution in [3.8, 4) is 5.75 Å². The van der Waals surface area contributed by atoms with Crippen LogP contribution in [0.4, 0.5) is 0 Å². The van der Waals surface area contributed by atoms with Crippen LogP contribution in [0, 0.1) is 18.8 Å². The van der Waals surface area contributed by atoms with Gasteiger partial charge in [0.05, 0.1) is 0 Å². The van der Waals surface area contributed by atoms with E-state index in [4.69, 9.17) is 9.73 Å². The van der Waals surface area contributed by atoms with Gasteiger partial charge in [0.15, 0.2) is 5.78 Å². The van der Waals surface area contributed by atoms with Crippen molar-refractivity contribution in [1.29, 1.82) is 0 Å². The molecule has 1 fully saturated rings. The van der Waals surface area contributed by atoms with Crippen molar-refractivity contribution in [3.63, 3.8) is 0 Å². The number of aromatic hydroxyl groups is 1. The molecule has 0 aromatic heterocycles. The maximum Gasteiger partial charge on any atom is 0.315 e. The Hall–Kier alpha value is -3.21. The van der Waals surface area contributed by atoms with Crippen LogP contribution in [0.5, 0.6) is 5.75 Å². The van der Waals surface area contributed by atoms with Gasteiger partial charge in [-0.1, -0.05) is 55.8 Å². The minimum atomic E-state index is -0.675. The quantitative estimate of drug-likeness (QED) is 0.497. The van der Waals surface area contributed by atoms with Crippen LogP contribution < -0.4 is 0 Å². The van der Waals surface area contributed by atoms with Gasteiger partial charge in [-0.3, -0.25) is 14.6 Å². The largest absolute Gasteiger partial charge is 0.508 e. The van der Waals surface area contributed by atoms with Crippen molar-refractivity contribution in [2.75, 3.05) is 0 Å². The van der Waals surface area contributed by atoms with E-state index in [0.29, 0.717) is 18.4 Å². The van der Waals surface area contributed by atoms with Gasteiger partial charge in [-0.2, -0.15) is 0 Å². The molecule has 5 nitrogen and oxygen atoms in total. The molecular formula is C31H35NO4. The predicted molar refractivity (Wildman–Crippen MR) is 140 cm³/mol. The summed E-state index contributed by atoms with van der Waals surface area (Å²) in [6.45, 7) is 6.14. The van der Waals surface area contributed by atoms with Crippen LogP contribution in [-0.2, 0) is 14.3 Å². The number of hydrogen-bond acceptors (Lipinski definition) is 5. The molecule has 1 N–H and O–H groups in total. The number of phenols is 1. The van der Waals surface area contributed by atoms with Crippen LogP contribution in [0.2, 0.25) is 0 Å². The molecule has 0 amide bonds. The lowest BCUT2D eigenvalue weighted by Crippen LogP contribution is -2.41. The van der Waals surface area contributed by atoms with Crippen LogP contribution >= 0.6 is 0 Å². The molecule has 0 bridgehead atoms. The van der Waals surface area contributed by atoms with E-state index in [0.717, 1.165) is 48.2 Å². The summed E-state index contributed by atoms with van der Waals surface area (Å²) in [6.07, 6.45) is 4.87. The molecule has 3 aliphatic rings. The van der Waals surface area contributed by atoms with Gasteiger partial charge < -0.3 is 9.84 Å². The number of carbonyl (C=O) groups excluding carboxylic acids is 2. The molecule has 2 aromatic carbocycles. The molecule has 1 heterocycles. The van der Waals surface area contributed by atoms with Gasteiger partial charge in [0.25, 0.3) is 0 Å². The number of allylic oxidation sites excluding steroid dienone is 2. The molecule has 3 unspecified atom stereocenters. The number of rotatable bonds is 5. The fourth-order valence-electron chi connectivity index (χ4n) is 6.07. The Labute approximate surface area is 213 Å². The number of hydrogen-bond donors (Lipinski definition) is 1. The number of nitrogens with zero attached hydrogens (tertiary/aromatic N) is 1. The number of aryl methyl sites for hydroxylation is 1. The lowest BCUT2D eigenvalue weighted by molar-refractivity contribution is -0.151. The number of phenolic OH excluding ortho intramolecular Hbond substituents is 1. The molecule has 5 rings (SSSR count). The Morgan fingerprint density at radius 1 is 1.03 bits per heavy atom. The van der Waals surface area contributed by atoms with Gasteiger partial charge in [0.2, 0.25) is 0 Å². The SMILES string of the molecule is Cc1ccc(C2CC(=O)C3=C(C2)N=C(C(C)C)C(C(=O)OC2CCCC2)C3c2cccc(O)c2)cc1. The van der Waals surface area contributed by atoms with E-state index in [1.807, 2.05) is 19.9 Å². The molecular weight excluding hydrogens is 450 g/mol. The van der Waals surface area contributed by atoms with Crippen LogP contribution in [0.15, 0.2) is 64.8 Å². The fourth-order valence-corrected chi connectivity index (χ4v) is 6.07. The molecule has 5 heteroatoms. The summed E-state index contributed by atoms with van der Waals surface area (Å²) in [4.78, 5) is 32.6. The average Bonchev–Trinajstić information content (AvgIpc) is 3.36. The highest BCUT2D eigenvalue weighted by Gasteiger charge is 2.47. The Morgan fingerprint density at radius 3 is 2.42 bits per heavy atom. The van der Waals surface area contributed by atoms with E-state index in [9.17, 15) is 14.7 Å². The fraction of sp³-hybridized carbons (Fsp3) is 0.452. The molecule has 1 aliphatic heterocycles. The number of aliphatic imine (C=N–C) groups is 1. The second-order valence-electron chi connectivity index (χ2n) is 10.9. The van der Waals surface area contributed by atoms with Gasteiger partial charge in [0.1, 0.15) is 17.8 Å². The number of carbonyl (C=O) groups is 2. The zero-order valence-corrected chi connectivity index (χ0v) is 21.4. The van der Waals surface area contributed by atoms with Crippen LogP contribution in [-0.4, -0.2) is 28.7 Å². The summed E-state index contributed by atoms with van der Waals surface area (Å²) in [5, 5.41) is 10.3. The van der Waals surface area contributed by atoms with Crippen molar-refractivity contribution in [2.24, 2.45) is 16.8 Å². The van der Waals surface area contributed by atoms with Crippen molar-refractivity contribution in [2.45, 2.75) is 77.2 Å². The van der Waals surface area contributed by atoms with E-state index in [1.54, 1.807) is 18.2 Å². The first-order valence-corrected chi connectivity index (χ1v) is 13.2. The molecule has 0 radical (unpaired) electrons. The van der Waals surface area contributed by atoms with Crippen molar-refractivity contribution >= 4 is 17.5 Å². The number of benzene rings is 2. The maximum absolute atomic E-state index is 13.8. The van der Waals surface area contributed by atoms with E-state index in [-0.39, 0.29) is 35.4 Å². The number of Topliss-reactive ketones (excluding diaryl/α,β-unsaturated/α-hetero) is 1. The normalized spacial score (nSPS) is 24.6. The minimum Gasteiger partial charge on any atom is -0.508 e. The van der Waals surface area contributed by atoms with Crippen LogP contribution in [0.1, 0.15) is 80.9 Å². The molecule has 3 atom stereocenters. The van der Waals surface area contributed by atoms with Gasteiger partial charge in [0, 0.05) is 29.3 Å². The highest BCUT2D eigenvalue weighted by atomic mass is 16.5. The first kappa shape index (κ1) is 24.5. The predicted octanol–water partition coefficient (Wildman–Crippen LogP) is 6.40. The number of ketones is 1. The van der Waals surface area contributed by atoms with Gasteiger partial charge in [-0.25, -0.2) is 0 Å². The Morgan fingerprint density at radius 2 is 1.75 bits per heavy atom. The summed E-state index contributed by atoms with van der Waals surface area (Å²) in [5.41, 5.74) is 5.23. The van der Waals surface area contributed by atoms with E-state index < -0.39 is 11.8 Å². The molecule has 1 saturated carbocycles. The van der Waals surface area contributed by atoms with E-state index in [1.165, 1.54) is 5.56 Å². The van der Waals surface area contributed by atoms with Crippen molar-refractivity contribution < 1.29 is 19.4 Å². The third kappa shape index (κ3) is 4.76. The highest BCUT2D eigenvalue weighted by molar-refractivity contribution is 6.10. The second kappa shape index (κ2) is 10.0. The first-order valence-electron chi connectivity index (χ1n) is 13.2. The molecule has 36 heavy (non-hydrogen) atoms. The third-order valence-corrected chi connectivity index (χ3v) is 7.92. The zero-order valence-electron chi connectivity index (χ0n) is 21.4. The first-order chi connectivity index (χ1) is 17.3. The summed E-state index contributed by atoms with van der Waals surface area (Å²) in [7, 11) is 0. The standard InChI is InChI=1S/C31H35NO4/c1-18(2)30-29(31(35)36-24-9-4-5-10-24)27(21-7-6-8-23(33)15-21)28-25(32-30)16-22(17-26(28)34)20-13-11-19(3)12-14-20/h6-8,11-15,18,22,24,27,29,33H,4-5,9-10,16-17H2,1-3H3. The van der Waals surface area contributed by atoms with Gasteiger partial charge in [-0.15, -0.1) is 0 Å². The maximum atomic E-state index is 13.8. The zero-order chi connectivity index (χ0) is 25.4. The monoisotopic (exact) mass is 485 g/mol. The molecule has 2 aromatic rings.